The van der Waals surface area contributed by atoms with Gasteiger partial charge >= 0.3 is 0 Å². The highest BCUT2D eigenvalue weighted by Crippen LogP contribution is 2.34. The first-order valence-electron chi connectivity index (χ1n) is 5.21. The van der Waals surface area contributed by atoms with Crippen molar-refractivity contribution >= 4 is 32.9 Å². The van der Waals surface area contributed by atoms with Gasteiger partial charge in [-0.1, -0.05) is 30.3 Å². The second kappa shape index (κ2) is 2.67. The van der Waals surface area contributed by atoms with Gasteiger partial charge in [-0.05, 0) is 22.9 Å². The fourth-order valence-corrected chi connectivity index (χ4v) is 2.27. The Kier molecular flexibility index (Phi) is 1.33. The third-order valence-corrected chi connectivity index (χ3v) is 2.99. The van der Waals surface area contributed by atoms with Gasteiger partial charge < -0.3 is 8.83 Å². The maximum atomic E-state index is 5.63. The Hall–Kier alpha value is -2.22. The lowest BCUT2D eigenvalue weighted by atomic mass is 10.1. The number of hydrogen-bond donors (Lipinski definition) is 0. The van der Waals surface area contributed by atoms with Crippen molar-refractivity contribution in [1.29, 1.82) is 0 Å². The highest BCUT2D eigenvalue weighted by molar-refractivity contribution is 6.17. The zero-order valence-electron chi connectivity index (χ0n) is 8.44. The van der Waals surface area contributed by atoms with Gasteiger partial charge in [0.1, 0.15) is 5.58 Å². The molecule has 16 heavy (non-hydrogen) atoms. The van der Waals surface area contributed by atoms with Crippen LogP contribution in [0.2, 0.25) is 0 Å². The van der Waals surface area contributed by atoms with Crippen LogP contribution in [0.25, 0.3) is 32.9 Å². The second-order valence-corrected chi connectivity index (χ2v) is 3.88. The largest absolute Gasteiger partial charge is 0.433 e. The minimum Gasteiger partial charge on any atom is -0.433 e. The molecule has 0 aliphatic rings. The van der Waals surface area contributed by atoms with Gasteiger partial charge in [0, 0.05) is 5.39 Å². The third kappa shape index (κ3) is 0.865. The molecule has 76 valence electrons. The number of fused-ring (bicyclic) bond motifs is 5. The maximum Gasteiger partial charge on any atom is 0.298 e. The van der Waals surface area contributed by atoms with Gasteiger partial charge in [-0.25, -0.2) is 0 Å². The van der Waals surface area contributed by atoms with Gasteiger partial charge in [-0.3, -0.25) is 0 Å². The van der Waals surface area contributed by atoms with Crippen LogP contribution in [0.15, 0.2) is 57.6 Å². The summed E-state index contributed by atoms with van der Waals surface area (Å²) in [6, 6.07) is 14.3. The smallest absolute Gasteiger partial charge is 0.298 e. The topological polar surface area (TPSA) is 26.3 Å². The SMILES string of the molecule is c1ccc2c(c1)ccc1oc3occc3c12. The van der Waals surface area contributed by atoms with E-state index < -0.39 is 0 Å². The zero-order valence-corrected chi connectivity index (χ0v) is 8.44. The molecule has 0 saturated heterocycles. The molecule has 0 bridgehead atoms. The summed E-state index contributed by atoms with van der Waals surface area (Å²) in [5, 5.41) is 4.62. The second-order valence-electron chi connectivity index (χ2n) is 3.88. The van der Waals surface area contributed by atoms with Crippen LogP contribution in [-0.2, 0) is 0 Å². The van der Waals surface area contributed by atoms with E-state index in [1.165, 1.54) is 10.8 Å². The van der Waals surface area contributed by atoms with Crippen LogP contribution in [0.1, 0.15) is 0 Å². The first kappa shape index (κ1) is 7.99. The molecule has 0 atom stereocenters. The molecule has 0 radical (unpaired) electrons. The van der Waals surface area contributed by atoms with E-state index in [1.807, 2.05) is 24.3 Å². The van der Waals surface area contributed by atoms with Gasteiger partial charge in [0.05, 0.1) is 11.6 Å². The van der Waals surface area contributed by atoms with Crippen molar-refractivity contribution in [3.8, 4) is 0 Å². The van der Waals surface area contributed by atoms with Crippen molar-refractivity contribution in [2.75, 3.05) is 0 Å². The Labute approximate surface area is 91.1 Å². The molecule has 0 spiro atoms. The maximum absolute atomic E-state index is 5.63. The van der Waals surface area contributed by atoms with Crippen LogP contribution in [0.5, 0.6) is 0 Å². The molecule has 0 aliphatic carbocycles. The minimum atomic E-state index is 0.603. The Morgan fingerprint density at radius 3 is 2.75 bits per heavy atom. The molecule has 2 heteroatoms. The summed E-state index contributed by atoms with van der Waals surface area (Å²) in [6.07, 6.45) is 1.66. The van der Waals surface area contributed by atoms with E-state index in [-0.39, 0.29) is 0 Å². The summed E-state index contributed by atoms with van der Waals surface area (Å²) in [5.41, 5.74) is 0.882. The van der Waals surface area contributed by atoms with Gasteiger partial charge in [0.15, 0.2) is 0 Å². The van der Waals surface area contributed by atoms with Gasteiger partial charge in [-0.15, -0.1) is 0 Å². The van der Waals surface area contributed by atoms with Crippen molar-refractivity contribution in [3.05, 3.63) is 48.7 Å². The number of furan rings is 2. The fourth-order valence-electron chi connectivity index (χ4n) is 2.27. The van der Waals surface area contributed by atoms with Crippen LogP contribution in [-0.4, -0.2) is 0 Å². The molecule has 0 aliphatic heterocycles. The van der Waals surface area contributed by atoms with Gasteiger partial charge in [-0.2, -0.15) is 0 Å². The third-order valence-electron chi connectivity index (χ3n) is 2.99. The summed E-state index contributed by atoms with van der Waals surface area (Å²) in [4.78, 5) is 0. The quantitative estimate of drug-likeness (QED) is 0.430. The van der Waals surface area contributed by atoms with Crippen LogP contribution in [0.3, 0.4) is 0 Å². The molecule has 4 aromatic rings. The summed E-state index contributed by atoms with van der Waals surface area (Å²) in [6.45, 7) is 0. The predicted molar refractivity (Wildman–Crippen MR) is 63.5 cm³/mol. The lowest BCUT2D eigenvalue weighted by Gasteiger charge is -1.97. The van der Waals surface area contributed by atoms with Crippen LogP contribution in [0.4, 0.5) is 0 Å². The Morgan fingerprint density at radius 1 is 0.812 bits per heavy atom. The van der Waals surface area contributed by atoms with Crippen molar-refractivity contribution in [2.45, 2.75) is 0 Å². The van der Waals surface area contributed by atoms with E-state index in [0.717, 1.165) is 16.4 Å². The lowest BCUT2D eigenvalue weighted by Crippen LogP contribution is -1.72. The first-order chi connectivity index (χ1) is 7.93. The van der Waals surface area contributed by atoms with E-state index in [1.54, 1.807) is 6.26 Å². The standard InChI is InChI=1S/C14H8O2/c1-2-4-10-9(3-1)5-6-12-13(10)11-7-8-15-14(11)16-12/h1-8H. The molecule has 0 saturated carbocycles. The molecule has 0 unspecified atom stereocenters. The highest BCUT2D eigenvalue weighted by Gasteiger charge is 2.11. The summed E-state index contributed by atoms with van der Waals surface area (Å²) in [5.74, 6) is 0.603. The normalized spacial score (nSPS) is 11.8. The predicted octanol–water partition coefficient (Wildman–Crippen LogP) is 4.33. The summed E-state index contributed by atoms with van der Waals surface area (Å²) < 4.78 is 10.9. The van der Waals surface area contributed by atoms with E-state index in [2.05, 4.69) is 18.2 Å². The number of rotatable bonds is 0. The van der Waals surface area contributed by atoms with Crippen LogP contribution < -0.4 is 0 Å². The van der Waals surface area contributed by atoms with Crippen molar-refractivity contribution < 1.29 is 8.83 Å². The van der Waals surface area contributed by atoms with Crippen LogP contribution in [0, 0.1) is 0 Å². The monoisotopic (exact) mass is 208 g/mol. The molecular formula is C14H8O2. The number of hydrogen-bond acceptors (Lipinski definition) is 2. The van der Waals surface area contributed by atoms with E-state index in [9.17, 15) is 0 Å². The first-order valence-corrected chi connectivity index (χ1v) is 5.21. The lowest BCUT2D eigenvalue weighted by molar-refractivity contribution is 0.499. The molecular weight excluding hydrogens is 200 g/mol. The number of benzene rings is 2. The molecule has 0 amide bonds. The molecule has 2 aromatic carbocycles. The summed E-state index contributed by atoms with van der Waals surface area (Å²) >= 11 is 0. The molecule has 4 rings (SSSR count). The van der Waals surface area contributed by atoms with Crippen molar-refractivity contribution in [1.82, 2.24) is 0 Å². The Balaban J connectivity index is 2.41. The average molecular weight is 208 g/mol. The molecule has 2 aromatic heterocycles. The Bertz CT molecular complexity index is 805. The van der Waals surface area contributed by atoms with Crippen LogP contribution >= 0.6 is 0 Å². The van der Waals surface area contributed by atoms with Gasteiger partial charge in [0.2, 0.25) is 0 Å². The van der Waals surface area contributed by atoms with Crippen molar-refractivity contribution in [2.24, 2.45) is 0 Å². The van der Waals surface area contributed by atoms with E-state index in [4.69, 9.17) is 8.83 Å². The molecule has 2 heterocycles. The Morgan fingerprint density at radius 2 is 1.75 bits per heavy atom. The molecule has 0 N–H and O–H groups in total. The summed E-state index contributed by atoms with van der Waals surface area (Å²) in [7, 11) is 0. The molecule has 2 nitrogen and oxygen atoms in total. The zero-order chi connectivity index (χ0) is 10.5. The fraction of sp³-hybridized carbons (Fsp3) is 0. The molecule has 0 fully saturated rings. The average Bonchev–Trinajstić information content (AvgIpc) is 2.88. The van der Waals surface area contributed by atoms with E-state index >= 15 is 0 Å². The van der Waals surface area contributed by atoms with Gasteiger partial charge in [0.25, 0.3) is 5.78 Å². The van der Waals surface area contributed by atoms with E-state index in [0.29, 0.717) is 5.78 Å². The van der Waals surface area contributed by atoms with Crippen molar-refractivity contribution in [3.63, 3.8) is 0 Å². The highest BCUT2D eigenvalue weighted by atomic mass is 16.5. The minimum absolute atomic E-state index is 0.603.